The molecule has 0 bridgehead atoms. The summed E-state index contributed by atoms with van der Waals surface area (Å²) in [6, 6.07) is 7.21. The minimum absolute atomic E-state index is 0.121. The lowest BCUT2D eigenvalue weighted by atomic mass is 9.94. The first-order valence-electron chi connectivity index (χ1n) is 7.96. The minimum Gasteiger partial charge on any atom is -0.350 e. The zero-order valence-electron chi connectivity index (χ0n) is 13.4. The third-order valence-corrected chi connectivity index (χ3v) is 4.50. The third kappa shape index (κ3) is 3.65. The van der Waals surface area contributed by atoms with Gasteiger partial charge in [-0.25, -0.2) is 0 Å². The topological polar surface area (TPSA) is 75.4 Å². The molecule has 0 saturated carbocycles. The molecule has 0 atom stereocenters. The number of rotatable bonds is 6. The first kappa shape index (κ1) is 16.5. The van der Waals surface area contributed by atoms with Gasteiger partial charge >= 0.3 is 0 Å². The molecule has 2 rings (SSSR count). The molecule has 0 radical (unpaired) electrons. The summed E-state index contributed by atoms with van der Waals surface area (Å²) >= 11 is 0. The SMILES string of the molecule is CCC(N)(CC)CNC(=O)c1cccc(N2CCCC2=O)c1. The predicted octanol–water partition coefficient (Wildman–Crippen LogP) is 2.06. The quantitative estimate of drug-likeness (QED) is 0.844. The molecule has 3 N–H and O–H groups in total. The monoisotopic (exact) mass is 303 g/mol. The van der Waals surface area contributed by atoms with Gasteiger partial charge in [0, 0.05) is 36.3 Å². The van der Waals surface area contributed by atoms with Gasteiger partial charge in [-0.3, -0.25) is 9.59 Å². The molecule has 2 amide bonds. The summed E-state index contributed by atoms with van der Waals surface area (Å²) in [6.45, 7) is 5.22. The maximum atomic E-state index is 12.3. The van der Waals surface area contributed by atoms with Crippen LogP contribution in [0, 0.1) is 0 Å². The van der Waals surface area contributed by atoms with E-state index in [4.69, 9.17) is 5.73 Å². The van der Waals surface area contributed by atoms with E-state index in [1.54, 1.807) is 17.0 Å². The lowest BCUT2D eigenvalue weighted by molar-refractivity contribution is -0.117. The van der Waals surface area contributed by atoms with Crippen molar-refractivity contribution in [1.29, 1.82) is 0 Å². The Morgan fingerprint density at radius 2 is 2.09 bits per heavy atom. The van der Waals surface area contributed by atoms with E-state index in [1.807, 2.05) is 26.0 Å². The molecule has 5 heteroatoms. The Morgan fingerprint density at radius 1 is 1.36 bits per heavy atom. The Morgan fingerprint density at radius 3 is 2.68 bits per heavy atom. The lowest BCUT2D eigenvalue weighted by Crippen LogP contribution is -2.49. The van der Waals surface area contributed by atoms with Gasteiger partial charge < -0.3 is 16.0 Å². The number of nitrogens with zero attached hydrogens (tertiary/aromatic N) is 1. The van der Waals surface area contributed by atoms with Crippen LogP contribution in [0.4, 0.5) is 5.69 Å². The Bertz CT molecular complexity index is 553. The highest BCUT2D eigenvalue weighted by atomic mass is 16.2. The summed E-state index contributed by atoms with van der Waals surface area (Å²) in [5.74, 6) is -0.0271. The number of hydrogen-bond acceptors (Lipinski definition) is 3. The molecular weight excluding hydrogens is 278 g/mol. The lowest BCUT2D eigenvalue weighted by Gasteiger charge is -2.26. The molecule has 1 aliphatic rings. The van der Waals surface area contributed by atoms with Crippen LogP contribution in [0.3, 0.4) is 0 Å². The zero-order valence-corrected chi connectivity index (χ0v) is 13.4. The van der Waals surface area contributed by atoms with E-state index in [2.05, 4.69) is 5.32 Å². The van der Waals surface area contributed by atoms with Crippen LogP contribution >= 0.6 is 0 Å². The zero-order chi connectivity index (χ0) is 16.2. The van der Waals surface area contributed by atoms with E-state index in [-0.39, 0.29) is 17.4 Å². The van der Waals surface area contributed by atoms with Crippen molar-refractivity contribution in [1.82, 2.24) is 5.32 Å². The van der Waals surface area contributed by atoms with Gasteiger partial charge in [0.15, 0.2) is 0 Å². The van der Waals surface area contributed by atoms with Crippen molar-refractivity contribution in [2.24, 2.45) is 5.73 Å². The molecule has 0 unspecified atom stereocenters. The third-order valence-electron chi connectivity index (χ3n) is 4.50. The second kappa shape index (κ2) is 6.92. The number of anilines is 1. The van der Waals surface area contributed by atoms with Crippen molar-refractivity contribution in [3.8, 4) is 0 Å². The van der Waals surface area contributed by atoms with Crippen LogP contribution in [0.5, 0.6) is 0 Å². The molecule has 1 aromatic carbocycles. The molecule has 1 aliphatic heterocycles. The van der Waals surface area contributed by atoms with Gasteiger partial charge in [0.1, 0.15) is 0 Å². The van der Waals surface area contributed by atoms with Crippen molar-refractivity contribution in [2.75, 3.05) is 18.0 Å². The molecule has 1 aromatic rings. The van der Waals surface area contributed by atoms with Gasteiger partial charge in [0.25, 0.3) is 5.91 Å². The first-order valence-corrected chi connectivity index (χ1v) is 7.96. The van der Waals surface area contributed by atoms with Crippen molar-refractivity contribution in [2.45, 2.75) is 45.1 Å². The van der Waals surface area contributed by atoms with Gasteiger partial charge in [0.05, 0.1) is 0 Å². The highest BCUT2D eigenvalue weighted by Gasteiger charge is 2.23. The largest absolute Gasteiger partial charge is 0.350 e. The summed E-state index contributed by atoms with van der Waals surface area (Å²) in [5, 5.41) is 2.90. The Labute approximate surface area is 131 Å². The molecule has 120 valence electrons. The van der Waals surface area contributed by atoms with Crippen molar-refractivity contribution < 1.29 is 9.59 Å². The van der Waals surface area contributed by atoms with Crippen molar-refractivity contribution in [3.63, 3.8) is 0 Å². The maximum absolute atomic E-state index is 12.3. The van der Waals surface area contributed by atoms with Gasteiger partial charge in [-0.15, -0.1) is 0 Å². The summed E-state index contributed by atoms with van der Waals surface area (Å²) in [7, 11) is 0. The highest BCUT2D eigenvalue weighted by molar-refractivity contribution is 5.99. The number of carbonyl (C=O) groups is 2. The molecule has 0 spiro atoms. The Kier molecular flexibility index (Phi) is 5.19. The van der Waals surface area contributed by atoms with E-state index in [9.17, 15) is 9.59 Å². The Hall–Kier alpha value is -1.88. The molecule has 5 nitrogen and oxygen atoms in total. The minimum atomic E-state index is -0.363. The van der Waals surface area contributed by atoms with Crippen LogP contribution in [0.15, 0.2) is 24.3 Å². The Balaban J connectivity index is 2.06. The van der Waals surface area contributed by atoms with Crippen molar-refractivity contribution in [3.05, 3.63) is 29.8 Å². The maximum Gasteiger partial charge on any atom is 0.251 e. The van der Waals surface area contributed by atoms with E-state index in [1.165, 1.54) is 0 Å². The highest BCUT2D eigenvalue weighted by Crippen LogP contribution is 2.22. The second-order valence-corrected chi connectivity index (χ2v) is 5.95. The summed E-state index contributed by atoms with van der Waals surface area (Å²) in [5.41, 5.74) is 7.19. The van der Waals surface area contributed by atoms with Crippen LogP contribution in [-0.4, -0.2) is 30.4 Å². The van der Waals surface area contributed by atoms with Gasteiger partial charge in [-0.05, 0) is 37.5 Å². The number of nitrogens with one attached hydrogen (secondary N) is 1. The van der Waals surface area contributed by atoms with E-state index < -0.39 is 0 Å². The molecule has 1 heterocycles. The van der Waals surface area contributed by atoms with Gasteiger partial charge in [0.2, 0.25) is 5.91 Å². The van der Waals surface area contributed by atoms with Gasteiger partial charge in [-0.1, -0.05) is 19.9 Å². The molecule has 0 aromatic heterocycles. The number of benzene rings is 1. The molecular formula is C17H25N3O2. The molecule has 1 saturated heterocycles. The summed E-state index contributed by atoms with van der Waals surface area (Å²) in [6.07, 6.45) is 3.08. The summed E-state index contributed by atoms with van der Waals surface area (Å²) < 4.78 is 0. The molecule has 22 heavy (non-hydrogen) atoms. The van der Waals surface area contributed by atoms with Gasteiger partial charge in [-0.2, -0.15) is 0 Å². The second-order valence-electron chi connectivity index (χ2n) is 5.95. The van der Waals surface area contributed by atoms with E-state index in [0.29, 0.717) is 18.5 Å². The molecule has 1 fully saturated rings. The molecule has 0 aliphatic carbocycles. The number of hydrogen-bond donors (Lipinski definition) is 2. The summed E-state index contributed by atoms with van der Waals surface area (Å²) in [4.78, 5) is 25.8. The van der Waals surface area contributed by atoms with Crippen LogP contribution in [0.25, 0.3) is 0 Å². The van der Waals surface area contributed by atoms with Crippen LogP contribution in [-0.2, 0) is 4.79 Å². The first-order chi connectivity index (χ1) is 10.5. The van der Waals surface area contributed by atoms with E-state index >= 15 is 0 Å². The fourth-order valence-electron chi connectivity index (χ4n) is 2.59. The standard InChI is InChI=1S/C17H25N3O2/c1-3-17(18,4-2)12-19-16(22)13-7-5-8-14(11-13)20-10-6-9-15(20)21/h5,7-8,11H,3-4,6,9-10,12,18H2,1-2H3,(H,19,22). The van der Waals surface area contributed by atoms with E-state index in [0.717, 1.165) is 31.5 Å². The van der Waals surface area contributed by atoms with Crippen LogP contribution in [0.1, 0.15) is 49.9 Å². The number of amides is 2. The number of carbonyl (C=O) groups excluding carboxylic acids is 2. The van der Waals surface area contributed by atoms with Crippen LogP contribution in [0.2, 0.25) is 0 Å². The fraction of sp³-hybridized carbons (Fsp3) is 0.529. The average Bonchev–Trinajstić information content (AvgIpc) is 2.98. The smallest absolute Gasteiger partial charge is 0.251 e. The normalized spacial score (nSPS) is 15.2. The van der Waals surface area contributed by atoms with Crippen LogP contribution < -0.4 is 16.0 Å². The average molecular weight is 303 g/mol. The van der Waals surface area contributed by atoms with Crippen molar-refractivity contribution >= 4 is 17.5 Å². The number of nitrogens with two attached hydrogens (primary N) is 1. The predicted molar refractivity (Wildman–Crippen MR) is 87.9 cm³/mol. The fourth-order valence-corrected chi connectivity index (χ4v) is 2.59.